The van der Waals surface area contributed by atoms with E-state index in [1.807, 2.05) is 49.4 Å². The zero-order valence-corrected chi connectivity index (χ0v) is 21.6. The molecule has 0 saturated carbocycles. The van der Waals surface area contributed by atoms with Crippen LogP contribution in [0.2, 0.25) is 0 Å². The molecule has 196 valence electrons. The van der Waals surface area contributed by atoms with E-state index in [-0.39, 0.29) is 17.7 Å². The van der Waals surface area contributed by atoms with E-state index in [0.717, 1.165) is 16.9 Å². The standard InChI is InChI=1S/C32H29N3O4/c1-2-39-28-18-16-27(17-19-28)33-30(36)22-12-14-26(15-13-22)34-31(37)29-20-24-10-6-7-11-25(24)21-35(29)32(38)23-8-4-3-5-9-23/h3-19,29H,2,20-21H2,1H3,(H,33,36)(H,34,37)/t29-/m0/s1. The number of anilines is 2. The van der Waals surface area contributed by atoms with E-state index in [1.165, 1.54) is 0 Å². The van der Waals surface area contributed by atoms with Crippen molar-refractivity contribution in [3.63, 3.8) is 0 Å². The monoisotopic (exact) mass is 519 g/mol. The van der Waals surface area contributed by atoms with Crippen molar-refractivity contribution >= 4 is 29.1 Å². The Bertz CT molecular complexity index is 1470. The highest BCUT2D eigenvalue weighted by Crippen LogP contribution is 2.26. The summed E-state index contributed by atoms with van der Waals surface area (Å²) in [6.07, 6.45) is 0.420. The highest BCUT2D eigenvalue weighted by Gasteiger charge is 2.35. The summed E-state index contributed by atoms with van der Waals surface area (Å²) >= 11 is 0. The molecule has 3 amide bonds. The highest BCUT2D eigenvalue weighted by molar-refractivity contribution is 6.05. The topological polar surface area (TPSA) is 87.7 Å². The molecular formula is C32H29N3O4. The van der Waals surface area contributed by atoms with E-state index in [0.29, 0.717) is 42.1 Å². The summed E-state index contributed by atoms with van der Waals surface area (Å²) in [7, 11) is 0. The molecular weight excluding hydrogens is 490 g/mol. The van der Waals surface area contributed by atoms with Crippen molar-refractivity contribution in [2.24, 2.45) is 0 Å². The second kappa shape index (κ2) is 11.6. The lowest BCUT2D eigenvalue weighted by Crippen LogP contribution is -2.50. The van der Waals surface area contributed by atoms with Crippen molar-refractivity contribution in [2.45, 2.75) is 25.9 Å². The molecule has 2 N–H and O–H groups in total. The van der Waals surface area contributed by atoms with Gasteiger partial charge in [-0.15, -0.1) is 0 Å². The van der Waals surface area contributed by atoms with Gasteiger partial charge in [0.05, 0.1) is 6.61 Å². The van der Waals surface area contributed by atoms with Gasteiger partial charge in [-0.25, -0.2) is 0 Å². The van der Waals surface area contributed by atoms with Crippen LogP contribution in [0.1, 0.15) is 38.8 Å². The number of hydrogen-bond acceptors (Lipinski definition) is 4. The van der Waals surface area contributed by atoms with E-state index in [4.69, 9.17) is 4.74 Å². The number of carbonyl (C=O) groups excluding carboxylic acids is 3. The van der Waals surface area contributed by atoms with Crippen molar-refractivity contribution in [1.82, 2.24) is 4.90 Å². The number of rotatable bonds is 7. The molecule has 5 rings (SSSR count). The molecule has 1 aliphatic rings. The van der Waals surface area contributed by atoms with Gasteiger partial charge in [-0.2, -0.15) is 0 Å². The molecule has 1 atom stereocenters. The molecule has 7 heteroatoms. The predicted octanol–water partition coefficient (Wildman–Crippen LogP) is 5.54. The van der Waals surface area contributed by atoms with Crippen LogP contribution in [0.4, 0.5) is 11.4 Å². The van der Waals surface area contributed by atoms with Gasteiger partial charge in [0, 0.05) is 35.5 Å². The number of fused-ring (bicyclic) bond motifs is 1. The van der Waals surface area contributed by atoms with Gasteiger partial charge in [-0.05, 0) is 78.7 Å². The average molecular weight is 520 g/mol. The summed E-state index contributed by atoms with van der Waals surface area (Å²) in [6.45, 7) is 2.84. The predicted molar refractivity (Wildman–Crippen MR) is 151 cm³/mol. The summed E-state index contributed by atoms with van der Waals surface area (Å²) in [4.78, 5) is 41.2. The van der Waals surface area contributed by atoms with Gasteiger partial charge in [0.1, 0.15) is 11.8 Å². The first kappa shape index (κ1) is 25.7. The van der Waals surface area contributed by atoms with Gasteiger partial charge in [0.2, 0.25) is 5.91 Å². The Morgan fingerprint density at radius 1 is 0.744 bits per heavy atom. The molecule has 0 aliphatic carbocycles. The van der Waals surface area contributed by atoms with Crippen LogP contribution < -0.4 is 15.4 Å². The van der Waals surface area contributed by atoms with Gasteiger partial charge >= 0.3 is 0 Å². The molecule has 0 aromatic heterocycles. The number of hydrogen-bond donors (Lipinski definition) is 2. The minimum atomic E-state index is -0.671. The lowest BCUT2D eigenvalue weighted by Gasteiger charge is -2.36. The third-order valence-electron chi connectivity index (χ3n) is 6.67. The molecule has 7 nitrogen and oxygen atoms in total. The molecule has 0 spiro atoms. The number of nitrogens with one attached hydrogen (secondary N) is 2. The van der Waals surface area contributed by atoms with Crippen LogP contribution in [-0.4, -0.2) is 35.3 Å². The Balaban J connectivity index is 1.28. The molecule has 0 radical (unpaired) electrons. The molecule has 4 aromatic rings. The minimum absolute atomic E-state index is 0.188. The fourth-order valence-electron chi connectivity index (χ4n) is 4.65. The first-order valence-electron chi connectivity index (χ1n) is 12.9. The van der Waals surface area contributed by atoms with Crippen molar-refractivity contribution in [1.29, 1.82) is 0 Å². The number of amides is 3. The molecule has 0 fully saturated rings. The summed E-state index contributed by atoms with van der Waals surface area (Å²) in [5.74, 6) is 0.00794. The van der Waals surface area contributed by atoms with E-state index >= 15 is 0 Å². The van der Waals surface area contributed by atoms with Crippen molar-refractivity contribution in [3.8, 4) is 5.75 Å². The minimum Gasteiger partial charge on any atom is -0.494 e. The van der Waals surface area contributed by atoms with Crippen molar-refractivity contribution < 1.29 is 19.1 Å². The van der Waals surface area contributed by atoms with Crippen LogP contribution in [-0.2, 0) is 17.8 Å². The van der Waals surface area contributed by atoms with Gasteiger partial charge in [0.15, 0.2) is 0 Å². The quantitative estimate of drug-likeness (QED) is 0.336. The maximum absolute atomic E-state index is 13.5. The molecule has 0 saturated heterocycles. The maximum atomic E-state index is 13.5. The molecule has 0 unspecified atom stereocenters. The molecule has 0 bridgehead atoms. The zero-order valence-electron chi connectivity index (χ0n) is 21.6. The summed E-state index contributed by atoms with van der Waals surface area (Å²) in [5, 5.41) is 5.79. The van der Waals surface area contributed by atoms with Crippen molar-refractivity contribution in [2.75, 3.05) is 17.2 Å². The van der Waals surface area contributed by atoms with Crippen molar-refractivity contribution in [3.05, 3.63) is 125 Å². The molecule has 4 aromatic carbocycles. The van der Waals surface area contributed by atoms with Crippen LogP contribution >= 0.6 is 0 Å². The third kappa shape index (κ3) is 5.99. The Kier molecular flexibility index (Phi) is 7.68. The molecule has 39 heavy (non-hydrogen) atoms. The third-order valence-corrected chi connectivity index (χ3v) is 6.67. The number of benzene rings is 4. The second-order valence-corrected chi connectivity index (χ2v) is 9.27. The van der Waals surface area contributed by atoms with Crippen LogP contribution in [0, 0.1) is 0 Å². The Morgan fingerprint density at radius 3 is 2.05 bits per heavy atom. The zero-order chi connectivity index (χ0) is 27.2. The highest BCUT2D eigenvalue weighted by atomic mass is 16.5. The SMILES string of the molecule is CCOc1ccc(NC(=O)c2ccc(NC(=O)[C@@H]3Cc4ccccc4CN3C(=O)c3ccccc3)cc2)cc1. The number of carbonyl (C=O) groups is 3. The second-order valence-electron chi connectivity index (χ2n) is 9.27. The summed E-state index contributed by atoms with van der Waals surface area (Å²) in [5.41, 5.74) is 4.28. The Labute approximate surface area is 227 Å². The van der Waals surface area contributed by atoms with Gasteiger partial charge < -0.3 is 20.3 Å². The van der Waals surface area contributed by atoms with Crippen LogP contribution in [0.15, 0.2) is 103 Å². The first-order chi connectivity index (χ1) is 19.0. The maximum Gasteiger partial charge on any atom is 0.255 e. The first-order valence-corrected chi connectivity index (χ1v) is 12.9. The smallest absolute Gasteiger partial charge is 0.255 e. The summed E-state index contributed by atoms with van der Waals surface area (Å²) in [6, 6.07) is 30.0. The fourth-order valence-corrected chi connectivity index (χ4v) is 4.65. The number of nitrogens with zero attached hydrogens (tertiary/aromatic N) is 1. The van der Waals surface area contributed by atoms with E-state index in [2.05, 4.69) is 10.6 Å². The Hall–Kier alpha value is -4.91. The normalized spacial score (nSPS) is 14.2. The largest absolute Gasteiger partial charge is 0.494 e. The van der Waals surface area contributed by atoms with Crippen LogP contribution in [0.25, 0.3) is 0 Å². The van der Waals surface area contributed by atoms with Gasteiger partial charge in [-0.3, -0.25) is 14.4 Å². The summed E-state index contributed by atoms with van der Waals surface area (Å²) < 4.78 is 5.43. The van der Waals surface area contributed by atoms with E-state index < -0.39 is 6.04 Å². The van der Waals surface area contributed by atoms with Crippen LogP contribution in [0.5, 0.6) is 5.75 Å². The lowest BCUT2D eigenvalue weighted by molar-refractivity contribution is -0.121. The van der Waals surface area contributed by atoms with E-state index in [1.54, 1.807) is 65.6 Å². The average Bonchev–Trinajstić information content (AvgIpc) is 2.98. The van der Waals surface area contributed by atoms with Gasteiger partial charge in [0.25, 0.3) is 11.8 Å². The number of ether oxygens (including phenoxy) is 1. The van der Waals surface area contributed by atoms with Gasteiger partial charge in [-0.1, -0.05) is 42.5 Å². The lowest BCUT2D eigenvalue weighted by atomic mass is 9.92. The Morgan fingerprint density at radius 2 is 1.36 bits per heavy atom. The molecule has 1 aliphatic heterocycles. The molecule has 1 heterocycles. The van der Waals surface area contributed by atoms with Crippen LogP contribution in [0.3, 0.4) is 0 Å². The fraction of sp³-hybridized carbons (Fsp3) is 0.156. The van der Waals surface area contributed by atoms with E-state index in [9.17, 15) is 14.4 Å².